The fourth-order valence-electron chi connectivity index (χ4n) is 1.26. The first-order chi connectivity index (χ1) is 6.81. The summed E-state index contributed by atoms with van der Waals surface area (Å²) in [4.78, 5) is 15.3. The first kappa shape index (κ1) is 8.74. The molecule has 0 aliphatic heterocycles. The molecule has 0 amide bonds. The highest BCUT2D eigenvalue weighted by molar-refractivity contribution is 5.89. The Bertz CT molecular complexity index is 462. The van der Waals surface area contributed by atoms with Gasteiger partial charge in [-0.2, -0.15) is 0 Å². The molecule has 0 atom stereocenters. The first-order valence-electron chi connectivity index (χ1n) is 4.40. The quantitative estimate of drug-likeness (QED) is 0.674. The maximum absolute atomic E-state index is 11.4. The van der Waals surface area contributed by atoms with Crippen LogP contribution in [0.2, 0.25) is 0 Å². The van der Waals surface area contributed by atoms with Crippen molar-refractivity contribution < 1.29 is 9.53 Å². The van der Waals surface area contributed by atoms with Gasteiger partial charge in [-0.3, -0.25) is 0 Å². The highest BCUT2D eigenvalue weighted by atomic mass is 16.5. The third-order valence-electron chi connectivity index (χ3n) is 1.92. The summed E-state index contributed by atoms with van der Waals surface area (Å²) < 4.78 is 6.66. The Balaban J connectivity index is 2.38. The van der Waals surface area contributed by atoms with Crippen molar-refractivity contribution in [3.63, 3.8) is 0 Å². The van der Waals surface area contributed by atoms with Crippen LogP contribution in [-0.4, -0.2) is 22.0 Å². The third-order valence-corrected chi connectivity index (χ3v) is 1.92. The topological polar surface area (TPSA) is 43.6 Å². The smallest absolute Gasteiger partial charge is 0.339 e. The number of imidazole rings is 1. The van der Waals surface area contributed by atoms with Crippen LogP contribution in [0.1, 0.15) is 17.3 Å². The predicted molar refractivity (Wildman–Crippen MR) is 51.1 cm³/mol. The second-order valence-corrected chi connectivity index (χ2v) is 2.86. The van der Waals surface area contributed by atoms with Gasteiger partial charge in [-0.15, -0.1) is 0 Å². The average molecular weight is 190 g/mol. The van der Waals surface area contributed by atoms with Gasteiger partial charge < -0.3 is 9.14 Å². The molecule has 0 fully saturated rings. The SMILES string of the molecule is CCOC(=O)c1ccc2cncn2c1. The summed E-state index contributed by atoms with van der Waals surface area (Å²) in [5.74, 6) is -0.303. The average Bonchev–Trinajstić information content (AvgIpc) is 2.64. The van der Waals surface area contributed by atoms with Gasteiger partial charge in [0.05, 0.1) is 30.2 Å². The van der Waals surface area contributed by atoms with Crippen LogP contribution in [0.25, 0.3) is 5.52 Å². The first-order valence-corrected chi connectivity index (χ1v) is 4.40. The molecular weight excluding hydrogens is 180 g/mol. The van der Waals surface area contributed by atoms with Crippen molar-refractivity contribution in [1.29, 1.82) is 0 Å². The molecule has 2 aromatic rings. The number of fused-ring (bicyclic) bond motifs is 1. The van der Waals surface area contributed by atoms with E-state index in [-0.39, 0.29) is 5.97 Å². The molecule has 2 heterocycles. The van der Waals surface area contributed by atoms with E-state index in [1.54, 1.807) is 36.1 Å². The molecule has 72 valence electrons. The van der Waals surface area contributed by atoms with Gasteiger partial charge in [0.1, 0.15) is 0 Å². The van der Waals surface area contributed by atoms with E-state index in [4.69, 9.17) is 4.74 Å². The van der Waals surface area contributed by atoms with Crippen LogP contribution in [0, 0.1) is 0 Å². The van der Waals surface area contributed by atoms with Crippen molar-refractivity contribution in [2.45, 2.75) is 6.92 Å². The van der Waals surface area contributed by atoms with Gasteiger partial charge in [0, 0.05) is 6.20 Å². The molecule has 0 aliphatic rings. The van der Waals surface area contributed by atoms with Gasteiger partial charge in [-0.25, -0.2) is 9.78 Å². The van der Waals surface area contributed by atoms with Gasteiger partial charge >= 0.3 is 5.97 Å². The Morgan fingerprint density at radius 3 is 3.21 bits per heavy atom. The molecule has 4 nitrogen and oxygen atoms in total. The summed E-state index contributed by atoms with van der Waals surface area (Å²) in [5, 5.41) is 0. The highest BCUT2D eigenvalue weighted by Gasteiger charge is 2.06. The van der Waals surface area contributed by atoms with Crippen molar-refractivity contribution in [2.24, 2.45) is 0 Å². The summed E-state index contributed by atoms with van der Waals surface area (Å²) in [5.41, 5.74) is 1.50. The standard InChI is InChI=1S/C10H10N2O2/c1-2-14-10(13)8-3-4-9-5-11-7-12(9)6-8/h3-7H,2H2,1H3. The van der Waals surface area contributed by atoms with Crippen LogP contribution in [0.4, 0.5) is 0 Å². The zero-order valence-corrected chi connectivity index (χ0v) is 7.80. The summed E-state index contributed by atoms with van der Waals surface area (Å²) in [6, 6.07) is 3.56. The number of carbonyl (C=O) groups is 1. The zero-order valence-electron chi connectivity index (χ0n) is 7.80. The van der Waals surface area contributed by atoms with Crippen molar-refractivity contribution >= 4 is 11.5 Å². The minimum Gasteiger partial charge on any atom is -0.462 e. The Kier molecular flexibility index (Phi) is 2.18. The number of aromatic nitrogens is 2. The third kappa shape index (κ3) is 1.46. The van der Waals surface area contributed by atoms with Crippen LogP contribution in [0.15, 0.2) is 30.9 Å². The number of hydrogen-bond donors (Lipinski definition) is 0. The zero-order chi connectivity index (χ0) is 9.97. The van der Waals surface area contributed by atoms with Crippen molar-refractivity contribution in [3.05, 3.63) is 36.4 Å². The number of nitrogens with zero attached hydrogens (tertiary/aromatic N) is 2. The summed E-state index contributed by atoms with van der Waals surface area (Å²) in [6.07, 6.45) is 5.09. The van der Waals surface area contributed by atoms with Crippen LogP contribution >= 0.6 is 0 Å². The second-order valence-electron chi connectivity index (χ2n) is 2.86. The largest absolute Gasteiger partial charge is 0.462 e. The predicted octanol–water partition coefficient (Wildman–Crippen LogP) is 1.51. The molecular formula is C10H10N2O2. The second kappa shape index (κ2) is 3.49. The molecule has 0 bridgehead atoms. The Morgan fingerprint density at radius 1 is 1.57 bits per heavy atom. The summed E-state index contributed by atoms with van der Waals surface area (Å²) >= 11 is 0. The van der Waals surface area contributed by atoms with E-state index in [0.717, 1.165) is 5.52 Å². The van der Waals surface area contributed by atoms with Crippen LogP contribution in [0.5, 0.6) is 0 Å². The van der Waals surface area contributed by atoms with E-state index >= 15 is 0 Å². The molecule has 4 heteroatoms. The number of ether oxygens (including phenoxy) is 1. The van der Waals surface area contributed by atoms with Gasteiger partial charge in [0.25, 0.3) is 0 Å². The maximum atomic E-state index is 11.4. The van der Waals surface area contributed by atoms with Crippen LogP contribution < -0.4 is 0 Å². The molecule has 0 saturated carbocycles. The van der Waals surface area contributed by atoms with Crippen molar-refractivity contribution in [3.8, 4) is 0 Å². The summed E-state index contributed by atoms with van der Waals surface area (Å²) in [7, 11) is 0. The van der Waals surface area contributed by atoms with Crippen molar-refractivity contribution in [2.75, 3.05) is 6.61 Å². The fourth-order valence-corrected chi connectivity index (χ4v) is 1.26. The lowest BCUT2D eigenvalue weighted by molar-refractivity contribution is 0.0526. The normalized spacial score (nSPS) is 10.4. The number of carbonyl (C=O) groups excluding carboxylic acids is 1. The lowest BCUT2D eigenvalue weighted by atomic mass is 10.3. The van der Waals surface area contributed by atoms with E-state index in [2.05, 4.69) is 4.98 Å². The number of esters is 1. The molecule has 0 aliphatic carbocycles. The van der Waals surface area contributed by atoms with E-state index in [1.807, 2.05) is 6.07 Å². The van der Waals surface area contributed by atoms with E-state index in [9.17, 15) is 4.79 Å². The lowest BCUT2D eigenvalue weighted by Crippen LogP contribution is -2.05. The molecule has 2 rings (SSSR count). The number of hydrogen-bond acceptors (Lipinski definition) is 3. The van der Waals surface area contributed by atoms with E-state index < -0.39 is 0 Å². The fraction of sp³-hybridized carbons (Fsp3) is 0.200. The molecule has 0 spiro atoms. The molecule has 0 saturated heterocycles. The highest BCUT2D eigenvalue weighted by Crippen LogP contribution is 2.06. The lowest BCUT2D eigenvalue weighted by Gasteiger charge is -2.01. The Hall–Kier alpha value is -1.84. The minimum atomic E-state index is -0.303. The Morgan fingerprint density at radius 2 is 2.43 bits per heavy atom. The van der Waals surface area contributed by atoms with Crippen LogP contribution in [-0.2, 0) is 4.74 Å². The summed E-state index contributed by atoms with van der Waals surface area (Å²) in [6.45, 7) is 2.18. The number of rotatable bonds is 2. The Labute approximate surface area is 81.1 Å². The van der Waals surface area contributed by atoms with Crippen LogP contribution in [0.3, 0.4) is 0 Å². The van der Waals surface area contributed by atoms with E-state index in [0.29, 0.717) is 12.2 Å². The molecule has 0 radical (unpaired) electrons. The molecule has 14 heavy (non-hydrogen) atoms. The maximum Gasteiger partial charge on any atom is 0.339 e. The van der Waals surface area contributed by atoms with Gasteiger partial charge in [0.2, 0.25) is 0 Å². The molecule has 0 unspecified atom stereocenters. The molecule has 2 aromatic heterocycles. The van der Waals surface area contributed by atoms with E-state index in [1.165, 1.54) is 0 Å². The monoisotopic (exact) mass is 190 g/mol. The van der Waals surface area contributed by atoms with Gasteiger partial charge in [-0.1, -0.05) is 0 Å². The van der Waals surface area contributed by atoms with Gasteiger partial charge in [-0.05, 0) is 19.1 Å². The van der Waals surface area contributed by atoms with Gasteiger partial charge in [0.15, 0.2) is 0 Å². The molecule has 0 aromatic carbocycles. The minimum absolute atomic E-state index is 0.303. The number of pyridine rings is 1. The molecule has 0 N–H and O–H groups in total. The van der Waals surface area contributed by atoms with Crippen molar-refractivity contribution in [1.82, 2.24) is 9.38 Å².